The Bertz CT molecular complexity index is 487. The molecule has 0 aromatic rings. The average Bonchev–Trinajstić information content (AvgIpc) is 3.13. The fraction of sp³-hybridized carbons (Fsp3) is 0.889. The highest BCUT2D eigenvalue weighted by Gasteiger charge is 2.58. The predicted octanol–water partition coefficient (Wildman–Crippen LogP) is 1.85. The quantitative estimate of drug-likeness (QED) is 0.812. The molecule has 0 radical (unpaired) electrons. The van der Waals surface area contributed by atoms with Gasteiger partial charge in [-0.15, -0.1) is 12.4 Å². The third-order valence-electron chi connectivity index (χ3n) is 6.63. The first-order valence-electron chi connectivity index (χ1n) is 9.48. The lowest BCUT2D eigenvalue weighted by molar-refractivity contribution is -0.130. The van der Waals surface area contributed by atoms with Crippen LogP contribution in [-0.4, -0.2) is 48.4 Å². The van der Waals surface area contributed by atoms with Crippen LogP contribution in [0.2, 0.25) is 0 Å². The number of halogens is 1. The molecule has 2 atom stereocenters. The van der Waals surface area contributed by atoms with Crippen LogP contribution in [0.1, 0.15) is 57.8 Å². The zero-order chi connectivity index (χ0) is 15.9. The van der Waals surface area contributed by atoms with Crippen molar-refractivity contribution in [2.45, 2.75) is 69.9 Å². The second-order valence-electron chi connectivity index (χ2n) is 8.12. The molecular weight excluding hydrogens is 326 g/mol. The number of piperidine rings is 1. The molecule has 2 heterocycles. The van der Waals surface area contributed by atoms with Crippen LogP contribution in [0.5, 0.6) is 0 Å². The molecule has 136 valence electrons. The number of carbonyl (C=O) groups excluding carboxylic acids is 2. The lowest BCUT2D eigenvalue weighted by atomic mass is 9.91. The fourth-order valence-electron chi connectivity index (χ4n) is 5.07. The Labute approximate surface area is 150 Å². The number of carbonyl (C=O) groups is 2. The Morgan fingerprint density at radius 2 is 1.88 bits per heavy atom. The van der Waals surface area contributed by atoms with Crippen LogP contribution in [0.25, 0.3) is 0 Å². The van der Waals surface area contributed by atoms with Gasteiger partial charge in [0.25, 0.3) is 0 Å². The van der Waals surface area contributed by atoms with Gasteiger partial charge in [0.15, 0.2) is 0 Å². The molecule has 1 spiro atoms. The standard InChI is InChI=1S/C18H29N3O2.ClH/c22-16-10-13(12-21(16)14-4-2-1-3-5-14)20-17(23)15-11-18(15)6-8-19-9-7-18;/h13-15,19H,1-12H2,(H,20,23);1H. The van der Waals surface area contributed by atoms with Crippen LogP contribution in [0.15, 0.2) is 0 Å². The summed E-state index contributed by atoms with van der Waals surface area (Å²) in [5, 5.41) is 6.57. The average molecular weight is 356 g/mol. The summed E-state index contributed by atoms with van der Waals surface area (Å²) in [6.45, 7) is 2.82. The smallest absolute Gasteiger partial charge is 0.225 e. The molecule has 2 N–H and O–H groups in total. The molecule has 24 heavy (non-hydrogen) atoms. The van der Waals surface area contributed by atoms with Crippen molar-refractivity contribution in [3.8, 4) is 0 Å². The van der Waals surface area contributed by atoms with E-state index in [2.05, 4.69) is 15.5 Å². The second-order valence-corrected chi connectivity index (χ2v) is 8.12. The molecule has 0 aromatic heterocycles. The molecule has 0 aromatic carbocycles. The molecule has 2 unspecified atom stereocenters. The summed E-state index contributed by atoms with van der Waals surface area (Å²) in [4.78, 5) is 26.9. The highest BCUT2D eigenvalue weighted by atomic mass is 35.5. The van der Waals surface area contributed by atoms with Gasteiger partial charge in [-0.25, -0.2) is 0 Å². The van der Waals surface area contributed by atoms with Gasteiger partial charge in [0.05, 0.1) is 6.04 Å². The van der Waals surface area contributed by atoms with Crippen molar-refractivity contribution in [1.29, 1.82) is 0 Å². The van der Waals surface area contributed by atoms with E-state index in [4.69, 9.17) is 0 Å². The van der Waals surface area contributed by atoms with E-state index in [0.717, 1.165) is 51.7 Å². The van der Waals surface area contributed by atoms with Crippen LogP contribution in [-0.2, 0) is 9.59 Å². The Morgan fingerprint density at radius 3 is 2.58 bits per heavy atom. The summed E-state index contributed by atoms with van der Waals surface area (Å²) in [7, 11) is 0. The van der Waals surface area contributed by atoms with Crippen LogP contribution >= 0.6 is 12.4 Å². The molecule has 5 nitrogen and oxygen atoms in total. The fourth-order valence-corrected chi connectivity index (χ4v) is 5.07. The van der Waals surface area contributed by atoms with Crippen molar-refractivity contribution in [3.05, 3.63) is 0 Å². The number of rotatable bonds is 3. The minimum atomic E-state index is 0. The molecule has 0 bridgehead atoms. The molecular formula is C18H30ClN3O2. The van der Waals surface area contributed by atoms with Crippen molar-refractivity contribution in [1.82, 2.24) is 15.5 Å². The number of nitrogens with zero attached hydrogens (tertiary/aromatic N) is 1. The van der Waals surface area contributed by atoms with Crippen molar-refractivity contribution in [2.24, 2.45) is 11.3 Å². The van der Waals surface area contributed by atoms with E-state index in [0.29, 0.717) is 12.5 Å². The van der Waals surface area contributed by atoms with Gasteiger partial charge >= 0.3 is 0 Å². The zero-order valence-corrected chi connectivity index (χ0v) is 15.2. The first kappa shape index (κ1) is 18.0. The maximum Gasteiger partial charge on any atom is 0.225 e. The topological polar surface area (TPSA) is 61.4 Å². The van der Waals surface area contributed by atoms with Gasteiger partial charge in [-0.3, -0.25) is 9.59 Å². The predicted molar refractivity (Wildman–Crippen MR) is 95.0 cm³/mol. The van der Waals surface area contributed by atoms with Crippen LogP contribution < -0.4 is 10.6 Å². The van der Waals surface area contributed by atoms with Crippen molar-refractivity contribution in [2.75, 3.05) is 19.6 Å². The molecule has 2 saturated heterocycles. The van der Waals surface area contributed by atoms with Gasteiger partial charge in [0.1, 0.15) is 0 Å². The largest absolute Gasteiger partial charge is 0.351 e. The summed E-state index contributed by atoms with van der Waals surface area (Å²) in [5.41, 5.74) is 0.279. The van der Waals surface area contributed by atoms with E-state index in [-0.39, 0.29) is 41.6 Å². The summed E-state index contributed by atoms with van der Waals surface area (Å²) < 4.78 is 0. The van der Waals surface area contributed by atoms with Gasteiger partial charge in [-0.05, 0) is 50.6 Å². The van der Waals surface area contributed by atoms with E-state index in [1.807, 2.05) is 0 Å². The number of nitrogens with one attached hydrogen (secondary N) is 2. The van der Waals surface area contributed by atoms with Crippen LogP contribution in [0, 0.1) is 11.3 Å². The Morgan fingerprint density at radius 1 is 1.17 bits per heavy atom. The van der Waals surface area contributed by atoms with Crippen LogP contribution in [0.4, 0.5) is 0 Å². The lowest BCUT2D eigenvalue weighted by Gasteiger charge is -2.31. The number of amides is 2. The number of hydrogen-bond acceptors (Lipinski definition) is 3. The number of hydrogen-bond donors (Lipinski definition) is 2. The third kappa shape index (κ3) is 3.43. The molecule has 4 fully saturated rings. The van der Waals surface area contributed by atoms with E-state index < -0.39 is 0 Å². The first-order valence-corrected chi connectivity index (χ1v) is 9.48. The minimum Gasteiger partial charge on any atom is -0.351 e. The highest BCUT2D eigenvalue weighted by molar-refractivity contribution is 5.86. The third-order valence-corrected chi connectivity index (χ3v) is 6.63. The molecule has 2 aliphatic carbocycles. The maximum absolute atomic E-state index is 12.6. The SMILES string of the molecule is Cl.O=C(NC1CC(=O)N(C2CCCCC2)C1)C1CC12CCNCC2. The van der Waals surface area contributed by atoms with Crippen molar-refractivity contribution in [3.63, 3.8) is 0 Å². The van der Waals surface area contributed by atoms with Gasteiger partial charge < -0.3 is 15.5 Å². The van der Waals surface area contributed by atoms with Crippen LogP contribution in [0.3, 0.4) is 0 Å². The second kappa shape index (κ2) is 7.20. The molecule has 2 saturated carbocycles. The highest BCUT2D eigenvalue weighted by Crippen LogP contribution is 2.58. The van der Waals surface area contributed by atoms with E-state index in [1.165, 1.54) is 19.3 Å². The maximum atomic E-state index is 12.6. The van der Waals surface area contributed by atoms with E-state index in [9.17, 15) is 9.59 Å². The minimum absolute atomic E-state index is 0. The summed E-state index contributed by atoms with van der Waals surface area (Å²) >= 11 is 0. The van der Waals surface area contributed by atoms with E-state index in [1.54, 1.807) is 0 Å². The summed E-state index contributed by atoms with van der Waals surface area (Å²) in [6.07, 6.45) is 9.88. The normalized spacial score (nSPS) is 32.5. The molecule has 2 amide bonds. The summed E-state index contributed by atoms with van der Waals surface area (Å²) in [5.74, 6) is 0.646. The van der Waals surface area contributed by atoms with E-state index >= 15 is 0 Å². The van der Waals surface area contributed by atoms with Gasteiger partial charge in [0, 0.05) is 24.9 Å². The summed E-state index contributed by atoms with van der Waals surface area (Å²) in [6, 6.07) is 0.464. The molecule has 2 aliphatic heterocycles. The van der Waals surface area contributed by atoms with Gasteiger partial charge in [-0.2, -0.15) is 0 Å². The Balaban J connectivity index is 0.00000169. The lowest BCUT2D eigenvalue weighted by Crippen LogP contribution is -2.42. The molecule has 6 heteroatoms. The van der Waals surface area contributed by atoms with Gasteiger partial charge in [0.2, 0.25) is 11.8 Å². The number of likely N-dealkylation sites (tertiary alicyclic amines) is 1. The monoisotopic (exact) mass is 355 g/mol. The van der Waals surface area contributed by atoms with Crippen molar-refractivity contribution >= 4 is 24.2 Å². The Kier molecular flexibility index (Phi) is 5.40. The molecule has 4 rings (SSSR count). The van der Waals surface area contributed by atoms with Crippen molar-refractivity contribution < 1.29 is 9.59 Å². The first-order chi connectivity index (χ1) is 11.2. The zero-order valence-electron chi connectivity index (χ0n) is 14.4. The Hall–Kier alpha value is -0.810. The van der Waals surface area contributed by atoms with Gasteiger partial charge in [-0.1, -0.05) is 19.3 Å². The molecule has 4 aliphatic rings.